The van der Waals surface area contributed by atoms with Gasteiger partial charge in [0.05, 0.1) is 24.5 Å². The molecule has 5 nitrogen and oxygen atoms in total. The van der Waals surface area contributed by atoms with E-state index in [4.69, 9.17) is 10.5 Å². The number of aliphatic hydroxyl groups excluding tert-OH is 1. The molecule has 3 atom stereocenters. The molecule has 0 aliphatic rings. The van der Waals surface area contributed by atoms with Crippen molar-refractivity contribution in [3.05, 3.63) is 17.5 Å². The van der Waals surface area contributed by atoms with Gasteiger partial charge in [0.15, 0.2) is 0 Å². The lowest BCUT2D eigenvalue weighted by molar-refractivity contribution is -0.0593. The molecule has 16 heavy (non-hydrogen) atoms. The fourth-order valence-corrected chi connectivity index (χ4v) is 1.46. The van der Waals surface area contributed by atoms with Crippen LogP contribution in [-0.4, -0.2) is 33.6 Å². The molecule has 1 aromatic rings. The smallest absolute Gasteiger partial charge is 0.0984 e. The molecule has 0 saturated carbocycles. The van der Waals surface area contributed by atoms with Gasteiger partial charge in [0.25, 0.3) is 0 Å². The maximum atomic E-state index is 9.40. The zero-order valence-corrected chi connectivity index (χ0v) is 10.3. The lowest BCUT2D eigenvalue weighted by Gasteiger charge is -2.23. The van der Waals surface area contributed by atoms with E-state index >= 15 is 0 Å². The van der Waals surface area contributed by atoms with Crippen LogP contribution in [0.1, 0.15) is 31.2 Å². The number of nitrogens with two attached hydrogens (primary N) is 1. The molecule has 0 aliphatic heterocycles. The number of ether oxygens (including phenoxy) is 1. The van der Waals surface area contributed by atoms with E-state index in [2.05, 4.69) is 5.10 Å². The van der Waals surface area contributed by atoms with Gasteiger partial charge in [0, 0.05) is 24.8 Å². The van der Waals surface area contributed by atoms with E-state index in [0.29, 0.717) is 6.54 Å². The van der Waals surface area contributed by atoms with Gasteiger partial charge in [-0.3, -0.25) is 4.68 Å². The topological polar surface area (TPSA) is 73.3 Å². The quantitative estimate of drug-likeness (QED) is 0.769. The minimum atomic E-state index is -0.508. The minimum Gasteiger partial charge on any atom is -0.391 e. The van der Waals surface area contributed by atoms with Crippen LogP contribution in [0.15, 0.2) is 6.20 Å². The summed E-state index contributed by atoms with van der Waals surface area (Å²) in [7, 11) is 1.88. The molecule has 0 fully saturated rings. The van der Waals surface area contributed by atoms with Gasteiger partial charge in [-0.05, 0) is 20.8 Å². The van der Waals surface area contributed by atoms with Gasteiger partial charge >= 0.3 is 0 Å². The maximum absolute atomic E-state index is 9.40. The van der Waals surface area contributed by atoms with Crippen LogP contribution in [0, 0.1) is 6.92 Å². The predicted octanol–water partition coefficient (Wildman–Crippen LogP) is 0.514. The highest BCUT2D eigenvalue weighted by atomic mass is 16.5. The first-order valence-corrected chi connectivity index (χ1v) is 5.49. The summed E-state index contributed by atoms with van der Waals surface area (Å²) >= 11 is 0. The van der Waals surface area contributed by atoms with Crippen molar-refractivity contribution in [2.75, 3.05) is 6.54 Å². The SMILES string of the molecule is Cc1c(C(CN)OC(C)C(C)O)cnn1C. The highest BCUT2D eigenvalue weighted by Crippen LogP contribution is 2.21. The Labute approximate surface area is 96.2 Å². The molecule has 92 valence electrons. The van der Waals surface area contributed by atoms with E-state index in [1.807, 2.05) is 20.9 Å². The molecule has 3 unspecified atom stereocenters. The summed E-state index contributed by atoms with van der Waals surface area (Å²) in [4.78, 5) is 0. The predicted molar refractivity (Wildman–Crippen MR) is 62.0 cm³/mol. The van der Waals surface area contributed by atoms with Crippen LogP contribution < -0.4 is 5.73 Å². The summed E-state index contributed by atoms with van der Waals surface area (Å²) < 4.78 is 7.50. The van der Waals surface area contributed by atoms with Gasteiger partial charge in [-0.2, -0.15) is 5.10 Å². The molecule has 0 saturated heterocycles. The van der Waals surface area contributed by atoms with Gasteiger partial charge < -0.3 is 15.6 Å². The summed E-state index contributed by atoms with van der Waals surface area (Å²) in [6.45, 7) is 5.89. The van der Waals surface area contributed by atoms with Crippen molar-refractivity contribution in [3.8, 4) is 0 Å². The van der Waals surface area contributed by atoms with Crippen LogP contribution in [0.3, 0.4) is 0 Å². The molecule has 0 amide bonds. The molecule has 0 aromatic carbocycles. The second kappa shape index (κ2) is 5.43. The summed E-state index contributed by atoms with van der Waals surface area (Å²) in [5.41, 5.74) is 7.71. The van der Waals surface area contributed by atoms with Crippen LogP contribution in [0.2, 0.25) is 0 Å². The molecular formula is C11H21N3O2. The molecule has 3 N–H and O–H groups in total. The fraction of sp³-hybridized carbons (Fsp3) is 0.727. The summed E-state index contributed by atoms with van der Waals surface area (Å²) in [6.07, 6.45) is 0.805. The van der Waals surface area contributed by atoms with Gasteiger partial charge in [-0.15, -0.1) is 0 Å². The fourth-order valence-electron chi connectivity index (χ4n) is 1.46. The van der Waals surface area contributed by atoms with E-state index in [0.717, 1.165) is 11.3 Å². The molecule has 0 bridgehead atoms. The Kier molecular flexibility index (Phi) is 4.46. The number of rotatable bonds is 5. The van der Waals surface area contributed by atoms with Gasteiger partial charge in [0.2, 0.25) is 0 Å². The highest BCUT2D eigenvalue weighted by molar-refractivity contribution is 5.19. The molecule has 5 heteroatoms. The number of aliphatic hydroxyl groups is 1. The Bertz CT molecular complexity index is 336. The molecule has 1 rings (SSSR count). The lowest BCUT2D eigenvalue weighted by Crippen LogP contribution is -2.28. The van der Waals surface area contributed by atoms with E-state index in [-0.39, 0.29) is 12.2 Å². The first-order valence-electron chi connectivity index (χ1n) is 5.49. The van der Waals surface area contributed by atoms with Crippen molar-refractivity contribution in [2.24, 2.45) is 12.8 Å². The molecule has 0 spiro atoms. The lowest BCUT2D eigenvalue weighted by atomic mass is 10.1. The zero-order chi connectivity index (χ0) is 12.3. The second-order valence-electron chi connectivity index (χ2n) is 4.12. The van der Waals surface area contributed by atoms with Crippen molar-refractivity contribution in [1.82, 2.24) is 9.78 Å². The second-order valence-corrected chi connectivity index (χ2v) is 4.12. The zero-order valence-electron chi connectivity index (χ0n) is 10.3. The van der Waals surface area contributed by atoms with Crippen molar-refractivity contribution in [3.63, 3.8) is 0 Å². The van der Waals surface area contributed by atoms with Crippen molar-refractivity contribution < 1.29 is 9.84 Å². The first-order chi connectivity index (χ1) is 7.47. The molecule has 0 aliphatic carbocycles. The third-order valence-electron chi connectivity index (χ3n) is 2.89. The van der Waals surface area contributed by atoms with Crippen LogP contribution in [0.5, 0.6) is 0 Å². The van der Waals surface area contributed by atoms with Gasteiger partial charge in [0.1, 0.15) is 0 Å². The normalized spacial score (nSPS) is 17.1. The largest absolute Gasteiger partial charge is 0.391 e. The number of aryl methyl sites for hydroxylation is 1. The number of aromatic nitrogens is 2. The van der Waals surface area contributed by atoms with Gasteiger partial charge in [-0.25, -0.2) is 0 Å². The first kappa shape index (κ1) is 13.2. The Hall–Kier alpha value is -0.910. The Balaban J connectivity index is 2.79. The molecule has 1 heterocycles. The third-order valence-corrected chi connectivity index (χ3v) is 2.89. The van der Waals surface area contributed by atoms with E-state index in [9.17, 15) is 5.11 Å². The monoisotopic (exact) mass is 227 g/mol. The van der Waals surface area contributed by atoms with Crippen LogP contribution >= 0.6 is 0 Å². The van der Waals surface area contributed by atoms with Gasteiger partial charge in [-0.1, -0.05) is 0 Å². The molecule has 1 aromatic heterocycles. The minimum absolute atomic E-state index is 0.210. The van der Waals surface area contributed by atoms with E-state index in [1.165, 1.54) is 0 Å². The van der Waals surface area contributed by atoms with Crippen LogP contribution in [-0.2, 0) is 11.8 Å². The Morgan fingerprint density at radius 3 is 2.56 bits per heavy atom. The highest BCUT2D eigenvalue weighted by Gasteiger charge is 2.20. The number of hydrogen-bond donors (Lipinski definition) is 2. The number of nitrogens with zero attached hydrogens (tertiary/aromatic N) is 2. The van der Waals surface area contributed by atoms with Crippen LogP contribution in [0.4, 0.5) is 0 Å². The number of hydrogen-bond acceptors (Lipinski definition) is 4. The van der Waals surface area contributed by atoms with Crippen molar-refractivity contribution in [1.29, 1.82) is 0 Å². The van der Waals surface area contributed by atoms with Crippen molar-refractivity contribution in [2.45, 2.75) is 39.1 Å². The molecule has 0 radical (unpaired) electrons. The standard InChI is InChI=1S/C11H21N3O2/c1-7-10(6-13-14(7)4)11(5-12)16-9(3)8(2)15/h6,8-9,11,15H,5,12H2,1-4H3. The maximum Gasteiger partial charge on any atom is 0.0984 e. The van der Waals surface area contributed by atoms with Crippen LogP contribution in [0.25, 0.3) is 0 Å². The average Bonchev–Trinajstić information content (AvgIpc) is 2.56. The summed E-state index contributed by atoms with van der Waals surface area (Å²) in [6, 6.07) is 0. The average molecular weight is 227 g/mol. The third kappa shape index (κ3) is 2.81. The summed E-state index contributed by atoms with van der Waals surface area (Å²) in [5, 5.41) is 13.6. The van der Waals surface area contributed by atoms with Crippen molar-refractivity contribution >= 4 is 0 Å². The Morgan fingerprint density at radius 2 is 2.19 bits per heavy atom. The van der Waals surface area contributed by atoms with E-state index in [1.54, 1.807) is 17.8 Å². The Morgan fingerprint density at radius 1 is 1.56 bits per heavy atom. The molecular weight excluding hydrogens is 206 g/mol. The summed E-state index contributed by atoms with van der Waals surface area (Å²) in [5.74, 6) is 0. The van der Waals surface area contributed by atoms with E-state index < -0.39 is 6.10 Å².